The van der Waals surface area contributed by atoms with Crippen LogP contribution in [0.15, 0.2) is 23.2 Å². The van der Waals surface area contributed by atoms with Crippen LogP contribution in [0.2, 0.25) is 0 Å². The standard InChI is InChI=1S/C17H25N3/c1-13-6-7-17-14(11-13)15-12-19-9-3-5-16(15)20(17)10-4-8-18-2/h6-7,11,15-16,19H,2-5,8-10,12H2,1H3. The largest absolute Gasteiger partial charge is 0.368 e. The molecular weight excluding hydrogens is 246 g/mol. The second-order valence-electron chi connectivity index (χ2n) is 6.08. The van der Waals surface area contributed by atoms with Crippen LogP contribution in [0.5, 0.6) is 0 Å². The van der Waals surface area contributed by atoms with Crippen molar-refractivity contribution in [1.29, 1.82) is 0 Å². The topological polar surface area (TPSA) is 27.6 Å². The molecule has 3 nitrogen and oxygen atoms in total. The molecule has 0 saturated carbocycles. The van der Waals surface area contributed by atoms with Crippen LogP contribution >= 0.6 is 0 Å². The lowest BCUT2D eigenvalue weighted by Gasteiger charge is -2.29. The van der Waals surface area contributed by atoms with Crippen molar-refractivity contribution in [2.45, 2.75) is 38.1 Å². The van der Waals surface area contributed by atoms with E-state index in [0.717, 1.165) is 32.6 Å². The van der Waals surface area contributed by atoms with E-state index in [0.29, 0.717) is 12.0 Å². The first-order chi connectivity index (χ1) is 9.81. The molecular formula is C17H25N3. The number of nitrogens with zero attached hydrogens (tertiary/aromatic N) is 2. The van der Waals surface area contributed by atoms with Gasteiger partial charge in [0.1, 0.15) is 0 Å². The molecule has 20 heavy (non-hydrogen) atoms. The average Bonchev–Trinajstić information content (AvgIpc) is 2.62. The van der Waals surface area contributed by atoms with Gasteiger partial charge >= 0.3 is 0 Å². The summed E-state index contributed by atoms with van der Waals surface area (Å²) in [7, 11) is 0. The van der Waals surface area contributed by atoms with E-state index in [9.17, 15) is 0 Å². The Hall–Kier alpha value is -1.35. The molecule has 0 aromatic heterocycles. The third-order valence-corrected chi connectivity index (χ3v) is 4.69. The third-order valence-electron chi connectivity index (χ3n) is 4.69. The second kappa shape index (κ2) is 5.96. The monoisotopic (exact) mass is 271 g/mol. The zero-order chi connectivity index (χ0) is 13.9. The number of rotatable bonds is 4. The molecule has 0 amide bonds. The van der Waals surface area contributed by atoms with Crippen molar-refractivity contribution in [3.05, 3.63) is 29.3 Å². The molecule has 2 aliphatic rings. The Kier molecular flexibility index (Phi) is 4.06. The molecule has 1 aromatic carbocycles. The Morgan fingerprint density at radius 3 is 3.20 bits per heavy atom. The Morgan fingerprint density at radius 2 is 2.35 bits per heavy atom. The number of hydrogen-bond acceptors (Lipinski definition) is 3. The van der Waals surface area contributed by atoms with E-state index in [1.165, 1.54) is 24.1 Å². The first kappa shape index (κ1) is 13.6. The van der Waals surface area contributed by atoms with E-state index in [-0.39, 0.29) is 0 Å². The van der Waals surface area contributed by atoms with Crippen molar-refractivity contribution < 1.29 is 0 Å². The van der Waals surface area contributed by atoms with Crippen LogP contribution in [0, 0.1) is 6.92 Å². The molecule has 3 heteroatoms. The second-order valence-corrected chi connectivity index (χ2v) is 6.08. The van der Waals surface area contributed by atoms with Gasteiger partial charge in [0.05, 0.1) is 0 Å². The number of aryl methyl sites for hydroxylation is 1. The molecule has 1 saturated heterocycles. The molecule has 3 rings (SSSR count). The van der Waals surface area contributed by atoms with Crippen molar-refractivity contribution in [3.63, 3.8) is 0 Å². The smallest absolute Gasteiger partial charge is 0.0405 e. The summed E-state index contributed by atoms with van der Waals surface area (Å²) in [6, 6.07) is 7.63. The van der Waals surface area contributed by atoms with E-state index >= 15 is 0 Å². The fourth-order valence-corrected chi connectivity index (χ4v) is 3.77. The zero-order valence-corrected chi connectivity index (χ0v) is 12.4. The first-order valence-corrected chi connectivity index (χ1v) is 7.81. The lowest BCUT2D eigenvalue weighted by Crippen LogP contribution is -2.36. The number of fused-ring (bicyclic) bond motifs is 3. The van der Waals surface area contributed by atoms with Crippen molar-refractivity contribution >= 4 is 12.4 Å². The maximum atomic E-state index is 4.00. The van der Waals surface area contributed by atoms with E-state index in [1.54, 1.807) is 5.56 Å². The van der Waals surface area contributed by atoms with E-state index in [2.05, 4.69) is 47.0 Å². The molecule has 0 radical (unpaired) electrons. The lowest BCUT2D eigenvalue weighted by atomic mass is 9.92. The Morgan fingerprint density at radius 1 is 1.45 bits per heavy atom. The molecule has 2 aliphatic heterocycles. The number of hydrogen-bond donors (Lipinski definition) is 1. The van der Waals surface area contributed by atoms with Gasteiger partial charge in [-0.05, 0) is 51.1 Å². The molecule has 2 unspecified atom stereocenters. The van der Waals surface area contributed by atoms with Gasteiger partial charge in [0.15, 0.2) is 0 Å². The minimum absolute atomic E-state index is 0.657. The number of nitrogens with one attached hydrogen (secondary N) is 1. The Labute approximate surface area is 122 Å². The summed E-state index contributed by atoms with van der Waals surface area (Å²) in [5.41, 5.74) is 4.38. The highest BCUT2D eigenvalue weighted by molar-refractivity contribution is 5.63. The SMILES string of the molecule is C=NCCCN1c2ccc(C)cc2C2CNCCCC21. The highest BCUT2D eigenvalue weighted by Crippen LogP contribution is 2.43. The molecule has 1 N–H and O–H groups in total. The fraction of sp³-hybridized carbons (Fsp3) is 0.588. The molecule has 1 fully saturated rings. The van der Waals surface area contributed by atoms with Crippen LogP contribution in [0.4, 0.5) is 5.69 Å². The van der Waals surface area contributed by atoms with Gasteiger partial charge in [-0.2, -0.15) is 0 Å². The normalized spacial score (nSPS) is 24.9. The van der Waals surface area contributed by atoms with Crippen LogP contribution in [0.1, 0.15) is 36.3 Å². The summed E-state index contributed by atoms with van der Waals surface area (Å²) in [6.45, 7) is 10.1. The van der Waals surface area contributed by atoms with Crippen LogP contribution < -0.4 is 10.2 Å². The molecule has 0 aliphatic carbocycles. The number of anilines is 1. The van der Waals surface area contributed by atoms with Crippen molar-refractivity contribution in [3.8, 4) is 0 Å². The van der Waals surface area contributed by atoms with Gasteiger partial charge in [-0.3, -0.25) is 0 Å². The van der Waals surface area contributed by atoms with Gasteiger partial charge in [-0.25, -0.2) is 0 Å². The summed E-state index contributed by atoms with van der Waals surface area (Å²) < 4.78 is 0. The number of benzene rings is 1. The minimum atomic E-state index is 0.657. The van der Waals surface area contributed by atoms with Gasteiger partial charge in [-0.15, -0.1) is 0 Å². The summed E-state index contributed by atoms with van der Waals surface area (Å²) in [5.74, 6) is 0.657. The Balaban J connectivity index is 1.89. The summed E-state index contributed by atoms with van der Waals surface area (Å²) in [5, 5.41) is 3.61. The maximum Gasteiger partial charge on any atom is 0.0405 e. The fourth-order valence-electron chi connectivity index (χ4n) is 3.77. The van der Waals surface area contributed by atoms with Gasteiger partial charge < -0.3 is 15.2 Å². The predicted molar refractivity (Wildman–Crippen MR) is 86.2 cm³/mol. The molecule has 0 spiro atoms. The summed E-state index contributed by atoms with van der Waals surface area (Å²) in [4.78, 5) is 6.64. The quantitative estimate of drug-likeness (QED) is 0.673. The molecule has 2 heterocycles. The van der Waals surface area contributed by atoms with E-state index < -0.39 is 0 Å². The maximum absolute atomic E-state index is 4.00. The van der Waals surface area contributed by atoms with Gasteiger partial charge in [0.25, 0.3) is 0 Å². The van der Waals surface area contributed by atoms with Gasteiger partial charge in [0, 0.05) is 37.3 Å². The third kappa shape index (κ3) is 2.47. The number of aliphatic imine (C=N–C) groups is 1. The zero-order valence-electron chi connectivity index (χ0n) is 12.4. The van der Waals surface area contributed by atoms with Crippen molar-refractivity contribution in [2.24, 2.45) is 4.99 Å². The average molecular weight is 271 g/mol. The first-order valence-electron chi connectivity index (χ1n) is 7.81. The molecule has 108 valence electrons. The van der Waals surface area contributed by atoms with Crippen molar-refractivity contribution in [1.82, 2.24) is 5.32 Å². The molecule has 2 atom stereocenters. The van der Waals surface area contributed by atoms with E-state index in [4.69, 9.17) is 0 Å². The van der Waals surface area contributed by atoms with Gasteiger partial charge in [0.2, 0.25) is 0 Å². The minimum Gasteiger partial charge on any atom is -0.368 e. The highest BCUT2D eigenvalue weighted by atomic mass is 15.2. The van der Waals surface area contributed by atoms with Crippen LogP contribution in [-0.4, -0.2) is 38.9 Å². The lowest BCUT2D eigenvalue weighted by molar-refractivity contribution is 0.508. The predicted octanol–water partition coefficient (Wildman–Crippen LogP) is 2.74. The Bertz CT molecular complexity index is 483. The highest BCUT2D eigenvalue weighted by Gasteiger charge is 2.38. The van der Waals surface area contributed by atoms with E-state index in [1.807, 2.05) is 0 Å². The molecule has 0 bridgehead atoms. The summed E-state index contributed by atoms with van der Waals surface area (Å²) >= 11 is 0. The molecule has 1 aromatic rings. The van der Waals surface area contributed by atoms with Crippen LogP contribution in [-0.2, 0) is 0 Å². The van der Waals surface area contributed by atoms with Crippen molar-refractivity contribution in [2.75, 3.05) is 31.1 Å². The summed E-state index contributed by atoms with van der Waals surface area (Å²) in [6.07, 6.45) is 3.69. The van der Waals surface area contributed by atoms with Crippen LogP contribution in [0.25, 0.3) is 0 Å². The van der Waals surface area contributed by atoms with Gasteiger partial charge in [-0.1, -0.05) is 17.7 Å². The van der Waals surface area contributed by atoms with Crippen LogP contribution in [0.3, 0.4) is 0 Å².